The first-order valence-corrected chi connectivity index (χ1v) is 8.16. The van der Waals surface area contributed by atoms with Crippen molar-refractivity contribution in [3.05, 3.63) is 35.4 Å². The van der Waals surface area contributed by atoms with Crippen molar-refractivity contribution in [1.29, 1.82) is 0 Å². The van der Waals surface area contributed by atoms with Crippen LogP contribution in [0.2, 0.25) is 0 Å². The maximum atomic E-state index is 12.7. The number of halogens is 3. The standard InChI is InChI=1S/C17H21F3N2O4/c1-10(2)14(11-3-5-12(6-4-11)17(18,19)20)21-16(25)22-7-8-26-13(9-22)15(23)24/h3-6,10,13-14H,7-9H2,1-2H3,(H,21,25)(H,23,24). The molecule has 2 N–H and O–H groups in total. The predicted octanol–water partition coefficient (Wildman–Crippen LogP) is 2.90. The molecule has 2 unspecified atom stereocenters. The summed E-state index contributed by atoms with van der Waals surface area (Å²) in [6.07, 6.45) is -5.51. The number of ether oxygens (including phenoxy) is 1. The molecule has 0 bridgehead atoms. The van der Waals surface area contributed by atoms with Crippen molar-refractivity contribution in [3.63, 3.8) is 0 Å². The van der Waals surface area contributed by atoms with Gasteiger partial charge in [0, 0.05) is 6.54 Å². The van der Waals surface area contributed by atoms with E-state index in [1.165, 1.54) is 17.0 Å². The van der Waals surface area contributed by atoms with E-state index in [4.69, 9.17) is 9.84 Å². The first-order valence-electron chi connectivity index (χ1n) is 8.16. The molecule has 9 heteroatoms. The third-order valence-corrected chi connectivity index (χ3v) is 4.17. The number of carboxylic acids is 1. The quantitative estimate of drug-likeness (QED) is 0.849. The van der Waals surface area contributed by atoms with E-state index in [-0.39, 0.29) is 25.6 Å². The van der Waals surface area contributed by atoms with Crippen LogP contribution in [0.3, 0.4) is 0 Å². The molecule has 0 spiro atoms. The molecule has 1 fully saturated rings. The molecular formula is C17H21F3N2O4. The molecule has 1 aromatic carbocycles. The fourth-order valence-electron chi connectivity index (χ4n) is 2.72. The van der Waals surface area contributed by atoms with Gasteiger partial charge in [-0.1, -0.05) is 26.0 Å². The Labute approximate surface area is 148 Å². The summed E-state index contributed by atoms with van der Waals surface area (Å²) >= 11 is 0. The average molecular weight is 374 g/mol. The Hall–Kier alpha value is -2.29. The summed E-state index contributed by atoms with van der Waals surface area (Å²) in [6.45, 7) is 3.94. The van der Waals surface area contributed by atoms with Crippen LogP contribution in [0.1, 0.15) is 31.0 Å². The van der Waals surface area contributed by atoms with Gasteiger partial charge >= 0.3 is 18.2 Å². The Morgan fingerprint density at radius 3 is 2.38 bits per heavy atom. The highest BCUT2D eigenvalue weighted by Gasteiger charge is 2.32. The normalized spacial score (nSPS) is 19.3. The van der Waals surface area contributed by atoms with Gasteiger partial charge in [0.05, 0.1) is 24.8 Å². The number of hydrogen-bond acceptors (Lipinski definition) is 3. The van der Waals surface area contributed by atoms with E-state index in [2.05, 4.69) is 5.32 Å². The number of nitrogens with one attached hydrogen (secondary N) is 1. The first-order chi connectivity index (χ1) is 12.1. The molecule has 26 heavy (non-hydrogen) atoms. The molecule has 0 radical (unpaired) electrons. The number of amides is 2. The lowest BCUT2D eigenvalue weighted by molar-refractivity contribution is -0.154. The van der Waals surface area contributed by atoms with Crippen molar-refractivity contribution in [1.82, 2.24) is 10.2 Å². The predicted molar refractivity (Wildman–Crippen MR) is 86.5 cm³/mol. The zero-order valence-electron chi connectivity index (χ0n) is 14.4. The summed E-state index contributed by atoms with van der Waals surface area (Å²) < 4.78 is 43.2. The largest absolute Gasteiger partial charge is 0.479 e. The van der Waals surface area contributed by atoms with Crippen molar-refractivity contribution >= 4 is 12.0 Å². The molecule has 0 aromatic heterocycles. The number of nitrogens with zero attached hydrogens (tertiary/aromatic N) is 1. The van der Waals surface area contributed by atoms with Crippen LogP contribution in [0.5, 0.6) is 0 Å². The molecule has 1 aromatic rings. The Balaban J connectivity index is 2.10. The minimum Gasteiger partial charge on any atom is -0.479 e. The maximum Gasteiger partial charge on any atom is 0.416 e. The van der Waals surface area contributed by atoms with Crippen LogP contribution in [-0.4, -0.2) is 47.8 Å². The fraction of sp³-hybridized carbons (Fsp3) is 0.529. The average Bonchev–Trinajstić information content (AvgIpc) is 2.58. The van der Waals surface area contributed by atoms with Crippen LogP contribution in [0.4, 0.5) is 18.0 Å². The number of alkyl halides is 3. The smallest absolute Gasteiger partial charge is 0.416 e. The first kappa shape index (κ1) is 20.0. The summed E-state index contributed by atoms with van der Waals surface area (Å²) in [7, 11) is 0. The molecule has 144 valence electrons. The maximum absolute atomic E-state index is 12.7. The van der Waals surface area contributed by atoms with Crippen molar-refractivity contribution in [2.45, 2.75) is 32.2 Å². The van der Waals surface area contributed by atoms with Crippen molar-refractivity contribution in [2.24, 2.45) is 5.92 Å². The number of rotatable bonds is 4. The molecule has 1 heterocycles. The Kier molecular flexibility index (Phi) is 6.12. The monoisotopic (exact) mass is 374 g/mol. The highest BCUT2D eigenvalue weighted by molar-refractivity contribution is 5.77. The summed E-state index contributed by atoms with van der Waals surface area (Å²) in [5.74, 6) is -1.22. The number of carboxylic acid groups (broad SMARTS) is 1. The summed E-state index contributed by atoms with van der Waals surface area (Å²) in [6, 6.07) is 3.66. The van der Waals surface area contributed by atoms with Gasteiger partial charge in [-0.05, 0) is 23.6 Å². The SMILES string of the molecule is CC(C)C(NC(=O)N1CCOC(C(=O)O)C1)c1ccc(C(F)(F)F)cc1. The van der Waals surface area contributed by atoms with Gasteiger partial charge in [-0.2, -0.15) is 13.2 Å². The van der Waals surface area contributed by atoms with Crippen LogP contribution in [-0.2, 0) is 15.7 Å². The molecule has 1 aliphatic rings. The van der Waals surface area contributed by atoms with Crippen molar-refractivity contribution < 1.29 is 32.6 Å². The van der Waals surface area contributed by atoms with E-state index in [1.807, 2.05) is 13.8 Å². The number of aliphatic carboxylic acids is 1. The Morgan fingerprint density at radius 1 is 1.27 bits per heavy atom. The van der Waals surface area contributed by atoms with E-state index in [0.717, 1.165) is 12.1 Å². The van der Waals surface area contributed by atoms with Gasteiger partial charge < -0.3 is 20.1 Å². The number of hydrogen-bond donors (Lipinski definition) is 2. The van der Waals surface area contributed by atoms with Gasteiger partial charge in [0.15, 0.2) is 6.10 Å². The molecule has 2 atom stereocenters. The molecule has 2 amide bonds. The van der Waals surface area contributed by atoms with Crippen LogP contribution >= 0.6 is 0 Å². The number of carbonyl (C=O) groups excluding carboxylic acids is 1. The van der Waals surface area contributed by atoms with Crippen molar-refractivity contribution in [2.75, 3.05) is 19.7 Å². The number of urea groups is 1. The van der Waals surface area contributed by atoms with Gasteiger partial charge in [0.2, 0.25) is 0 Å². The minimum atomic E-state index is -4.42. The highest BCUT2D eigenvalue weighted by atomic mass is 19.4. The topological polar surface area (TPSA) is 78.9 Å². The second-order valence-corrected chi connectivity index (χ2v) is 6.43. The molecular weight excluding hydrogens is 353 g/mol. The van der Waals surface area contributed by atoms with E-state index in [1.54, 1.807) is 0 Å². The van der Waals surface area contributed by atoms with E-state index in [0.29, 0.717) is 5.56 Å². The molecule has 1 saturated heterocycles. The zero-order chi connectivity index (χ0) is 19.5. The number of benzene rings is 1. The zero-order valence-corrected chi connectivity index (χ0v) is 14.4. The minimum absolute atomic E-state index is 0.0769. The van der Waals surface area contributed by atoms with Crippen LogP contribution < -0.4 is 5.32 Å². The Bertz CT molecular complexity index is 646. The van der Waals surface area contributed by atoms with Crippen LogP contribution in [0.25, 0.3) is 0 Å². The lowest BCUT2D eigenvalue weighted by Gasteiger charge is -2.33. The molecule has 2 rings (SSSR count). The van der Waals surface area contributed by atoms with E-state index < -0.39 is 35.9 Å². The van der Waals surface area contributed by atoms with Gasteiger partial charge in [-0.25, -0.2) is 9.59 Å². The van der Waals surface area contributed by atoms with Gasteiger partial charge in [0.25, 0.3) is 0 Å². The summed E-state index contributed by atoms with van der Waals surface area (Å²) in [5, 5.41) is 11.8. The number of carbonyl (C=O) groups is 2. The Morgan fingerprint density at radius 2 is 1.88 bits per heavy atom. The molecule has 0 aliphatic carbocycles. The van der Waals surface area contributed by atoms with Crippen LogP contribution in [0, 0.1) is 5.92 Å². The highest BCUT2D eigenvalue weighted by Crippen LogP contribution is 2.31. The second kappa shape index (κ2) is 7.94. The summed E-state index contributed by atoms with van der Waals surface area (Å²) in [5.41, 5.74) is -0.211. The lowest BCUT2D eigenvalue weighted by Crippen LogP contribution is -2.52. The lowest BCUT2D eigenvalue weighted by atomic mass is 9.95. The fourth-order valence-corrected chi connectivity index (χ4v) is 2.72. The second-order valence-electron chi connectivity index (χ2n) is 6.43. The molecule has 1 aliphatic heterocycles. The van der Waals surface area contributed by atoms with E-state index >= 15 is 0 Å². The third-order valence-electron chi connectivity index (χ3n) is 4.17. The third kappa shape index (κ3) is 4.87. The van der Waals surface area contributed by atoms with Crippen LogP contribution in [0.15, 0.2) is 24.3 Å². The molecule has 6 nitrogen and oxygen atoms in total. The summed E-state index contributed by atoms with van der Waals surface area (Å²) in [4.78, 5) is 24.8. The van der Waals surface area contributed by atoms with Crippen molar-refractivity contribution in [3.8, 4) is 0 Å². The van der Waals surface area contributed by atoms with Gasteiger partial charge in [-0.3, -0.25) is 0 Å². The number of morpholine rings is 1. The van der Waals surface area contributed by atoms with E-state index in [9.17, 15) is 22.8 Å². The molecule has 0 saturated carbocycles. The van der Waals surface area contributed by atoms with Gasteiger partial charge in [-0.15, -0.1) is 0 Å². The van der Waals surface area contributed by atoms with Gasteiger partial charge in [0.1, 0.15) is 0 Å².